The molecule has 4 nitrogen and oxygen atoms in total. The fourth-order valence-electron chi connectivity index (χ4n) is 0.923. The van der Waals surface area contributed by atoms with Crippen molar-refractivity contribution in [1.29, 1.82) is 0 Å². The summed E-state index contributed by atoms with van der Waals surface area (Å²) in [6.07, 6.45) is 1.39. The van der Waals surface area contributed by atoms with Gasteiger partial charge in [-0.2, -0.15) is 0 Å². The summed E-state index contributed by atoms with van der Waals surface area (Å²) < 4.78 is 4.24. The number of hydrogen-bond donors (Lipinski definition) is 1. The highest BCUT2D eigenvalue weighted by Crippen LogP contribution is 2.04. The van der Waals surface area contributed by atoms with Crippen molar-refractivity contribution in [2.24, 2.45) is 5.92 Å². The van der Waals surface area contributed by atoms with E-state index >= 15 is 0 Å². The average Bonchev–Trinajstić information content (AvgIpc) is 2.21. The van der Waals surface area contributed by atoms with Crippen LogP contribution in [0.25, 0.3) is 0 Å². The average molecular weight is 327 g/mol. The van der Waals surface area contributed by atoms with Gasteiger partial charge in [0.05, 0.1) is 7.11 Å². The Balaban J connectivity index is 3.66. The van der Waals surface area contributed by atoms with Crippen LogP contribution in [0.1, 0.15) is 26.7 Å². The van der Waals surface area contributed by atoms with Crippen LogP contribution < -0.4 is 5.32 Å². The van der Waals surface area contributed by atoms with Crippen LogP contribution in [0.4, 0.5) is 0 Å². The van der Waals surface area contributed by atoms with Gasteiger partial charge in [0, 0.05) is 13.0 Å². The van der Waals surface area contributed by atoms with E-state index < -0.39 is 0 Å². The second-order valence-corrected chi connectivity index (χ2v) is 5.23. The van der Waals surface area contributed by atoms with E-state index in [9.17, 15) is 9.59 Å². The van der Waals surface area contributed by atoms with Gasteiger partial charge in [0.15, 0.2) is 0 Å². The summed E-state index contributed by atoms with van der Waals surface area (Å²) in [6.45, 7) is 4.48. The minimum Gasteiger partial charge on any atom is -0.468 e. The van der Waals surface area contributed by atoms with Crippen LogP contribution in [0.15, 0.2) is 0 Å². The molecular formula is C10H18INO3. The summed E-state index contributed by atoms with van der Waals surface area (Å²) in [5.41, 5.74) is 0. The van der Waals surface area contributed by atoms with E-state index in [1.807, 2.05) is 22.6 Å². The Morgan fingerprint density at radius 3 is 2.47 bits per heavy atom. The molecule has 15 heavy (non-hydrogen) atoms. The van der Waals surface area contributed by atoms with E-state index in [2.05, 4.69) is 23.9 Å². The summed E-state index contributed by atoms with van der Waals surface area (Å²) in [7, 11) is 1.34. The molecule has 0 radical (unpaired) electrons. The molecule has 1 N–H and O–H groups in total. The molecule has 1 atom stereocenters. The smallest absolute Gasteiger partial charge is 0.320 e. The number of methoxy groups -OCH3 is 1. The van der Waals surface area contributed by atoms with Gasteiger partial charge in [-0.1, -0.05) is 36.4 Å². The van der Waals surface area contributed by atoms with Crippen molar-refractivity contribution in [3.8, 4) is 0 Å². The van der Waals surface area contributed by atoms with Gasteiger partial charge in [-0.15, -0.1) is 0 Å². The molecular weight excluding hydrogens is 309 g/mol. The number of amides is 1. The molecule has 88 valence electrons. The second kappa shape index (κ2) is 7.90. The lowest BCUT2D eigenvalue weighted by atomic mass is 10.1. The molecule has 0 saturated heterocycles. The van der Waals surface area contributed by atoms with Gasteiger partial charge in [0.25, 0.3) is 0 Å². The van der Waals surface area contributed by atoms with E-state index in [1.54, 1.807) is 0 Å². The SMILES string of the molecule is COC(=O)C(I)CNC(=O)CCC(C)C. The molecule has 0 aromatic rings. The third-order valence-corrected chi connectivity index (χ3v) is 2.83. The van der Waals surface area contributed by atoms with Gasteiger partial charge in [-0.25, -0.2) is 0 Å². The molecule has 0 fully saturated rings. The highest BCUT2D eigenvalue weighted by atomic mass is 127. The molecule has 1 unspecified atom stereocenters. The number of alkyl halides is 1. The van der Waals surface area contributed by atoms with Crippen molar-refractivity contribution < 1.29 is 14.3 Å². The predicted octanol–water partition coefficient (Wildman–Crippen LogP) is 1.52. The van der Waals surface area contributed by atoms with Gasteiger partial charge in [0.1, 0.15) is 3.92 Å². The summed E-state index contributed by atoms with van der Waals surface area (Å²) in [4.78, 5) is 22.3. The zero-order valence-electron chi connectivity index (χ0n) is 9.38. The molecule has 0 rings (SSSR count). The minimum atomic E-state index is -0.310. The van der Waals surface area contributed by atoms with Gasteiger partial charge < -0.3 is 10.1 Å². The Labute approximate surface area is 104 Å². The molecule has 0 aliphatic heterocycles. The topological polar surface area (TPSA) is 55.4 Å². The third kappa shape index (κ3) is 7.58. The number of halogens is 1. The molecule has 0 saturated carbocycles. The van der Waals surface area contributed by atoms with Crippen LogP contribution in [0, 0.1) is 5.92 Å². The molecule has 0 spiro atoms. The van der Waals surface area contributed by atoms with Crippen LogP contribution in [-0.2, 0) is 14.3 Å². The van der Waals surface area contributed by atoms with E-state index in [1.165, 1.54) is 7.11 Å². The number of ether oxygens (including phenoxy) is 1. The summed E-state index contributed by atoms with van der Waals surface area (Å²) >= 11 is 1.95. The van der Waals surface area contributed by atoms with Crippen LogP contribution in [0.3, 0.4) is 0 Å². The zero-order chi connectivity index (χ0) is 11.8. The Hall–Kier alpha value is -0.330. The Morgan fingerprint density at radius 2 is 2.00 bits per heavy atom. The first-order chi connectivity index (χ1) is 6.97. The lowest BCUT2D eigenvalue weighted by Gasteiger charge is -2.09. The van der Waals surface area contributed by atoms with E-state index in [0.29, 0.717) is 18.9 Å². The summed E-state index contributed by atoms with van der Waals surface area (Å²) in [5.74, 6) is 0.209. The number of nitrogens with one attached hydrogen (secondary N) is 1. The summed E-state index contributed by atoms with van der Waals surface area (Å²) in [5, 5.41) is 2.71. The summed E-state index contributed by atoms with van der Waals surface area (Å²) in [6, 6.07) is 0. The molecule has 1 amide bonds. The maximum atomic E-state index is 11.3. The quantitative estimate of drug-likeness (QED) is 0.457. The zero-order valence-corrected chi connectivity index (χ0v) is 11.5. The highest BCUT2D eigenvalue weighted by Gasteiger charge is 2.15. The van der Waals surface area contributed by atoms with Gasteiger partial charge >= 0.3 is 5.97 Å². The van der Waals surface area contributed by atoms with E-state index in [0.717, 1.165) is 6.42 Å². The van der Waals surface area contributed by atoms with Crippen molar-refractivity contribution in [2.75, 3.05) is 13.7 Å². The maximum Gasteiger partial charge on any atom is 0.320 e. The highest BCUT2D eigenvalue weighted by molar-refractivity contribution is 14.1. The monoisotopic (exact) mass is 327 g/mol. The van der Waals surface area contributed by atoms with Gasteiger partial charge in [-0.05, 0) is 12.3 Å². The first-order valence-corrected chi connectivity index (χ1v) is 6.20. The van der Waals surface area contributed by atoms with Crippen LogP contribution in [-0.4, -0.2) is 29.5 Å². The molecule has 0 aromatic carbocycles. The molecule has 0 aliphatic carbocycles. The number of carbonyl (C=O) groups excluding carboxylic acids is 2. The fraction of sp³-hybridized carbons (Fsp3) is 0.800. The van der Waals surface area contributed by atoms with Gasteiger partial charge in [-0.3, -0.25) is 9.59 Å². The van der Waals surface area contributed by atoms with Crippen molar-refractivity contribution >= 4 is 34.5 Å². The van der Waals surface area contributed by atoms with E-state index in [-0.39, 0.29) is 15.8 Å². The lowest BCUT2D eigenvalue weighted by Crippen LogP contribution is -2.33. The largest absolute Gasteiger partial charge is 0.468 e. The fourth-order valence-corrected chi connectivity index (χ4v) is 1.40. The van der Waals surface area contributed by atoms with Gasteiger partial charge in [0.2, 0.25) is 5.91 Å². The molecule has 0 aliphatic rings. The van der Waals surface area contributed by atoms with Crippen molar-refractivity contribution in [3.63, 3.8) is 0 Å². The Bertz CT molecular complexity index is 219. The number of esters is 1. The maximum absolute atomic E-state index is 11.3. The minimum absolute atomic E-state index is 0.00531. The van der Waals surface area contributed by atoms with Crippen molar-refractivity contribution in [3.05, 3.63) is 0 Å². The van der Waals surface area contributed by atoms with Crippen LogP contribution in [0.2, 0.25) is 0 Å². The predicted molar refractivity (Wildman–Crippen MR) is 66.9 cm³/mol. The van der Waals surface area contributed by atoms with Crippen molar-refractivity contribution in [1.82, 2.24) is 5.32 Å². The van der Waals surface area contributed by atoms with Crippen molar-refractivity contribution in [2.45, 2.75) is 30.6 Å². The molecule has 5 heteroatoms. The first-order valence-electron chi connectivity index (χ1n) is 4.96. The standard InChI is InChI=1S/C10H18INO3/c1-7(2)4-5-9(13)12-6-8(11)10(14)15-3/h7-8H,4-6H2,1-3H3,(H,12,13). The third-order valence-electron chi connectivity index (χ3n) is 1.88. The first kappa shape index (κ1) is 14.7. The van der Waals surface area contributed by atoms with Crippen LogP contribution >= 0.6 is 22.6 Å². The second-order valence-electron chi connectivity index (χ2n) is 3.73. The normalized spacial score (nSPS) is 12.3. The number of hydrogen-bond acceptors (Lipinski definition) is 3. The number of carbonyl (C=O) groups is 2. The Morgan fingerprint density at radius 1 is 1.40 bits per heavy atom. The molecule has 0 bridgehead atoms. The van der Waals surface area contributed by atoms with Crippen LogP contribution in [0.5, 0.6) is 0 Å². The number of rotatable bonds is 6. The Kier molecular flexibility index (Phi) is 7.72. The van der Waals surface area contributed by atoms with E-state index in [4.69, 9.17) is 0 Å². The lowest BCUT2D eigenvalue weighted by molar-refractivity contribution is -0.139. The molecule has 0 heterocycles. The molecule has 0 aromatic heterocycles.